The van der Waals surface area contributed by atoms with Crippen molar-refractivity contribution in [1.29, 1.82) is 0 Å². The Balaban J connectivity index is 2.41. The van der Waals surface area contributed by atoms with Gasteiger partial charge in [-0.15, -0.1) is 0 Å². The predicted octanol–water partition coefficient (Wildman–Crippen LogP) is 1.77. The van der Waals surface area contributed by atoms with Gasteiger partial charge in [-0.1, -0.05) is 25.4 Å². The van der Waals surface area contributed by atoms with E-state index in [9.17, 15) is 4.79 Å². The van der Waals surface area contributed by atoms with Crippen LogP contribution in [0.4, 0.5) is 4.79 Å². The monoisotopic (exact) mass is 257 g/mol. The quantitative estimate of drug-likeness (QED) is 0.264. The van der Waals surface area contributed by atoms with Crippen molar-refractivity contribution in [2.24, 2.45) is 16.3 Å². The molecule has 0 aliphatic carbocycles. The van der Waals surface area contributed by atoms with E-state index in [1.54, 1.807) is 4.90 Å². The Hall–Kier alpha value is -1.46. The number of piperidine rings is 1. The molecule has 1 aliphatic heterocycles. The van der Waals surface area contributed by atoms with Crippen LogP contribution < -0.4 is 5.73 Å². The summed E-state index contributed by atoms with van der Waals surface area (Å²) in [4.78, 5) is 13.4. The lowest BCUT2D eigenvalue weighted by Crippen LogP contribution is -2.47. The highest BCUT2D eigenvalue weighted by atomic mass is 16.6. The normalized spacial score (nSPS) is 19.7. The summed E-state index contributed by atoms with van der Waals surface area (Å²) < 4.78 is 5.15. The van der Waals surface area contributed by atoms with Crippen molar-refractivity contribution in [1.82, 2.24) is 4.90 Å². The number of nitrogens with two attached hydrogens (primary N) is 1. The molecule has 1 fully saturated rings. The van der Waals surface area contributed by atoms with E-state index >= 15 is 0 Å². The molecule has 1 saturated heterocycles. The molecule has 0 spiro atoms. The van der Waals surface area contributed by atoms with E-state index in [1.807, 2.05) is 6.92 Å². The minimum absolute atomic E-state index is 0.238. The third kappa shape index (κ3) is 3.51. The number of amides is 1. The van der Waals surface area contributed by atoms with E-state index in [4.69, 9.17) is 15.7 Å². The topological polar surface area (TPSA) is 88.2 Å². The van der Waals surface area contributed by atoms with Crippen LogP contribution in [-0.4, -0.2) is 41.7 Å². The molecule has 6 heteroatoms. The number of hydrogen-bond donors (Lipinski definition) is 2. The molecule has 3 N–H and O–H groups in total. The second-order valence-electron chi connectivity index (χ2n) is 5.00. The number of unbranched alkanes of at least 4 members (excludes halogenated alkanes) is 1. The first-order chi connectivity index (χ1) is 8.53. The van der Waals surface area contributed by atoms with Gasteiger partial charge in [0.1, 0.15) is 5.84 Å². The minimum atomic E-state index is -0.324. The van der Waals surface area contributed by atoms with Crippen molar-refractivity contribution >= 4 is 11.9 Å². The number of amidine groups is 1. The fourth-order valence-electron chi connectivity index (χ4n) is 1.95. The van der Waals surface area contributed by atoms with E-state index in [0.29, 0.717) is 32.5 Å². The molecule has 1 heterocycles. The summed E-state index contributed by atoms with van der Waals surface area (Å²) in [5.74, 6) is 0.238. The minimum Gasteiger partial charge on any atom is -0.449 e. The summed E-state index contributed by atoms with van der Waals surface area (Å²) >= 11 is 0. The molecule has 18 heavy (non-hydrogen) atoms. The van der Waals surface area contributed by atoms with Gasteiger partial charge in [-0.3, -0.25) is 0 Å². The Morgan fingerprint density at radius 3 is 2.61 bits per heavy atom. The van der Waals surface area contributed by atoms with E-state index < -0.39 is 0 Å². The average molecular weight is 257 g/mol. The van der Waals surface area contributed by atoms with Crippen molar-refractivity contribution in [3.05, 3.63) is 0 Å². The number of hydrogen-bond acceptors (Lipinski definition) is 4. The highest BCUT2D eigenvalue weighted by Crippen LogP contribution is 2.31. The van der Waals surface area contributed by atoms with Crippen molar-refractivity contribution in [2.75, 3.05) is 19.7 Å². The fraction of sp³-hybridized carbons (Fsp3) is 0.833. The number of nitrogens with zero attached hydrogens (tertiary/aromatic N) is 2. The number of carbonyl (C=O) groups excluding carboxylic acids is 1. The van der Waals surface area contributed by atoms with Crippen molar-refractivity contribution in [2.45, 2.75) is 39.5 Å². The maximum Gasteiger partial charge on any atom is 0.409 e. The van der Waals surface area contributed by atoms with Gasteiger partial charge in [0.05, 0.1) is 6.61 Å². The van der Waals surface area contributed by atoms with Gasteiger partial charge in [-0.2, -0.15) is 0 Å². The van der Waals surface area contributed by atoms with Gasteiger partial charge in [-0.05, 0) is 19.3 Å². The number of oxime groups is 1. The molecule has 0 bridgehead atoms. The lowest BCUT2D eigenvalue weighted by molar-refractivity contribution is 0.0816. The van der Waals surface area contributed by atoms with Crippen LogP contribution >= 0.6 is 0 Å². The van der Waals surface area contributed by atoms with Gasteiger partial charge in [0.25, 0.3) is 0 Å². The van der Waals surface area contributed by atoms with Crippen LogP contribution in [0, 0.1) is 5.41 Å². The first-order valence-corrected chi connectivity index (χ1v) is 6.43. The maximum absolute atomic E-state index is 11.7. The first-order valence-electron chi connectivity index (χ1n) is 6.43. The van der Waals surface area contributed by atoms with Crippen LogP contribution in [0.2, 0.25) is 0 Å². The van der Waals surface area contributed by atoms with E-state index in [1.165, 1.54) is 0 Å². The molecule has 1 rings (SSSR count). The van der Waals surface area contributed by atoms with Gasteiger partial charge in [0, 0.05) is 18.5 Å². The standard InChI is InChI=1S/C12H23N3O3/c1-3-4-9-18-11(16)15-7-5-12(2,6-8-15)10(13)14-17/h17H,3-9H2,1-2H3,(H2,13,14). The van der Waals surface area contributed by atoms with Gasteiger partial charge < -0.3 is 20.6 Å². The molecule has 0 radical (unpaired) electrons. The molecule has 1 aliphatic rings. The third-order valence-corrected chi connectivity index (χ3v) is 3.57. The molecule has 0 unspecified atom stereocenters. The Morgan fingerprint density at radius 2 is 2.11 bits per heavy atom. The molecule has 104 valence electrons. The zero-order valence-electron chi connectivity index (χ0n) is 11.2. The maximum atomic E-state index is 11.7. The Morgan fingerprint density at radius 1 is 1.50 bits per heavy atom. The van der Waals surface area contributed by atoms with Gasteiger partial charge in [-0.25, -0.2) is 4.79 Å². The fourth-order valence-corrected chi connectivity index (χ4v) is 1.95. The van der Waals surface area contributed by atoms with Crippen LogP contribution in [0.1, 0.15) is 39.5 Å². The zero-order chi connectivity index (χ0) is 13.6. The van der Waals surface area contributed by atoms with Gasteiger partial charge in [0.2, 0.25) is 0 Å². The number of likely N-dealkylation sites (tertiary alicyclic amines) is 1. The second-order valence-corrected chi connectivity index (χ2v) is 5.00. The van der Waals surface area contributed by atoms with Crippen LogP contribution in [0.15, 0.2) is 5.16 Å². The Bertz CT molecular complexity index is 310. The summed E-state index contributed by atoms with van der Waals surface area (Å²) in [6.45, 7) is 5.64. The molecule has 0 atom stereocenters. The average Bonchev–Trinajstić information content (AvgIpc) is 2.38. The molecule has 1 amide bonds. The molecule has 0 aromatic rings. The molecular weight excluding hydrogens is 234 g/mol. The Labute approximate surface area is 108 Å². The van der Waals surface area contributed by atoms with E-state index in [0.717, 1.165) is 12.8 Å². The van der Waals surface area contributed by atoms with Crippen molar-refractivity contribution in [3.63, 3.8) is 0 Å². The largest absolute Gasteiger partial charge is 0.449 e. The summed E-state index contributed by atoms with van der Waals surface area (Å²) in [7, 11) is 0. The van der Waals surface area contributed by atoms with Gasteiger partial charge >= 0.3 is 6.09 Å². The molecule has 0 aromatic heterocycles. The number of carbonyl (C=O) groups is 1. The molecular formula is C12H23N3O3. The molecule has 0 saturated carbocycles. The second kappa shape index (κ2) is 6.47. The Kier molecular flexibility index (Phi) is 5.25. The highest BCUT2D eigenvalue weighted by Gasteiger charge is 2.35. The van der Waals surface area contributed by atoms with Crippen molar-refractivity contribution in [3.8, 4) is 0 Å². The summed E-state index contributed by atoms with van der Waals surface area (Å²) in [6, 6.07) is 0. The van der Waals surface area contributed by atoms with Crippen LogP contribution in [0.25, 0.3) is 0 Å². The third-order valence-electron chi connectivity index (χ3n) is 3.57. The molecule has 6 nitrogen and oxygen atoms in total. The van der Waals surface area contributed by atoms with Crippen LogP contribution in [0.5, 0.6) is 0 Å². The summed E-state index contributed by atoms with van der Waals surface area (Å²) in [5.41, 5.74) is 5.34. The lowest BCUT2D eigenvalue weighted by atomic mass is 9.79. The SMILES string of the molecule is CCCCOC(=O)N1CCC(C)(C(N)=NO)CC1. The first kappa shape index (κ1) is 14.6. The number of rotatable bonds is 4. The van der Waals surface area contributed by atoms with Gasteiger partial charge in [0.15, 0.2) is 0 Å². The summed E-state index contributed by atoms with van der Waals surface area (Å²) in [5, 5.41) is 11.8. The van der Waals surface area contributed by atoms with E-state index in [-0.39, 0.29) is 17.3 Å². The summed E-state index contributed by atoms with van der Waals surface area (Å²) in [6.07, 6.45) is 3.01. The van der Waals surface area contributed by atoms with E-state index in [2.05, 4.69) is 12.1 Å². The van der Waals surface area contributed by atoms with Crippen LogP contribution in [-0.2, 0) is 4.74 Å². The predicted molar refractivity (Wildman–Crippen MR) is 68.6 cm³/mol. The van der Waals surface area contributed by atoms with Crippen molar-refractivity contribution < 1.29 is 14.7 Å². The lowest BCUT2D eigenvalue weighted by Gasteiger charge is -2.37. The zero-order valence-corrected chi connectivity index (χ0v) is 11.2. The molecule has 0 aromatic carbocycles. The highest BCUT2D eigenvalue weighted by molar-refractivity contribution is 5.86. The smallest absolute Gasteiger partial charge is 0.409 e. The van der Waals surface area contributed by atoms with Crippen LogP contribution in [0.3, 0.4) is 0 Å². The number of ether oxygens (including phenoxy) is 1.